The molecule has 0 bridgehead atoms. The van der Waals surface area contributed by atoms with E-state index >= 15 is 0 Å². The second kappa shape index (κ2) is 11.5. The monoisotopic (exact) mass is 342 g/mol. The molecule has 0 saturated carbocycles. The van der Waals surface area contributed by atoms with Crippen molar-refractivity contribution < 1.29 is 19.1 Å². The molecule has 0 atom stereocenters. The highest BCUT2D eigenvalue weighted by atomic mass is 16.5. The van der Waals surface area contributed by atoms with Gasteiger partial charge in [-0.1, -0.05) is 67.2 Å². The molecule has 142 valence electrons. The van der Waals surface area contributed by atoms with E-state index in [2.05, 4.69) is 41.5 Å². The molecular weight excluding hydrogens is 304 g/mol. The van der Waals surface area contributed by atoms with Crippen molar-refractivity contribution >= 4 is 11.9 Å². The van der Waals surface area contributed by atoms with Crippen LogP contribution in [0.5, 0.6) is 0 Å². The Kier molecular flexibility index (Phi) is 11.0. The van der Waals surface area contributed by atoms with E-state index < -0.39 is 0 Å². The molecule has 0 aromatic heterocycles. The zero-order valence-electron chi connectivity index (χ0n) is 16.7. The number of carbonyl (C=O) groups is 2. The van der Waals surface area contributed by atoms with Crippen molar-refractivity contribution in [3.05, 3.63) is 0 Å². The van der Waals surface area contributed by atoms with Crippen molar-refractivity contribution in [3.63, 3.8) is 0 Å². The maximum Gasteiger partial charge on any atom is 0.306 e. The predicted molar refractivity (Wildman–Crippen MR) is 97.8 cm³/mol. The van der Waals surface area contributed by atoms with Gasteiger partial charge in [-0.2, -0.15) is 0 Å². The minimum absolute atomic E-state index is 0.00448. The highest BCUT2D eigenvalue weighted by molar-refractivity contribution is 5.77. The SMILES string of the molecule is CCCCC(C)(C)COC(=O)CCC(=O)OCC(C)(C)CCCC. The van der Waals surface area contributed by atoms with Crippen LogP contribution in [0.2, 0.25) is 0 Å². The third-order valence-corrected chi connectivity index (χ3v) is 4.20. The van der Waals surface area contributed by atoms with Gasteiger partial charge in [0, 0.05) is 0 Å². The summed E-state index contributed by atoms with van der Waals surface area (Å²) in [6.07, 6.45) is 6.79. The van der Waals surface area contributed by atoms with E-state index in [1.165, 1.54) is 0 Å². The van der Waals surface area contributed by atoms with Gasteiger partial charge in [0.1, 0.15) is 0 Å². The van der Waals surface area contributed by atoms with Crippen molar-refractivity contribution in [1.29, 1.82) is 0 Å². The molecular formula is C20H38O4. The number of hydrogen-bond acceptors (Lipinski definition) is 4. The van der Waals surface area contributed by atoms with Crippen LogP contribution in [0.15, 0.2) is 0 Å². The summed E-state index contributed by atoms with van der Waals surface area (Å²) < 4.78 is 10.6. The minimum atomic E-state index is -0.318. The van der Waals surface area contributed by atoms with Crippen LogP contribution in [0.1, 0.15) is 92.9 Å². The van der Waals surface area contributed by atoms with Gasteiger partial charge in [-0.05, 0) is 23.7 Å². The van der Waals surface area contributed by atoms with E-state index in [-0.39, 0.29) is 35.6 Å². The topological polar surface area (TPSA) is 52.6 Å². The number of esters is 2. The van der Waals surface area contributed by atoms with E-state index in [1.54, 1.807) is 0 Å². The van der Waals surface area contributed by atoms with E-state index in [1.807, 2.05) is 0 Å². The summed E-state index contributed by atoms with van der Waals surface area (Å²) in [5.74, 6) is -0.636. The van der Waals surface area contributed by atoms with Crippen molar-refractivity contribution in [2.45, 2.75) is 92.9 Å². The van der Waals surface area contributed by atoms with Crippen LogP contribution in [0, 0.1) is 10.8 Å². The molecule has 0 aromatic carbocycles. The van der Waals surface area contributed by atoms with Crippen LogP contribution >= 0.6 is 0 Å². The zero-order chi connectivity index (χ0) is 18.6. The first-order chi connectivity index (χ1) is 11.1. The number of hydrogen-bond donors (Lipinski definition) is 0. The molecule has 0 fully saturated rings. The van der Waals surface area contributed by atoms with Crippen LogP contribution in [-0.4, -0.2) is 25.2 Å². The van der Waals surface area contributed by atoms with E-state index in [9.17, 15) is 9.59 Å². The van der Waals surface area contributed by atoms with Crippen molar-refractivity contribution in [2.75, 3.05) is 13.2 Å². The van der Waals surface area contributed by atoms with Crippen LogP contribution in [0.3, 0.4) is 0 Å². The molecule has 0 saturated heterocycles. The Labute approximate surface area is 148 Å². The largest absolute Gasteiger partial charge is 0.465 e. The lowest BCUT2D eigenvalue weighted by atomic mass is 9.88. The predicted octanol–water partition coefficient (Wildman–Crippen LogP) is 5.29. The molecule has 0 aliphatic heterocycles. The molecule has 0 aliphatic carbocycles. The summed E-state index contributed by atoms with van der Waals surface area (Å²) in [7, 11) is 0. The van der Waals surface area contributed by atoms with E-state index in [0.717, 1.165) is 38.5 Å². The Morgan fingerprint density at radius 1 is 0.708 bits per heavy atom. The second-order valence-electron chi connectivity index (χ2n) is 8.36. The van der Waals surface area contributed by atoms with Gasteiger partial charge in [0.2, 0.25) is 0 Å². The molecule has 0 unspecified atom stereocenters. The van der Waals surface area contributed by atoms with Gasteiger partial charge >= 0.3 is 11.9 Å². The van der Waals surface area contributed by atoms with Gasteiger partial charge in [0.15, 0.2) is 0 Å². The summed E-state index contributed by atoms with van der Waals surface area (Å²) in [6, 6.07) is 0. The van der Waals surface area contributed by atoms with Crippen LogP contribution in [0.25, 0.3) is 0 Å². The third kappa shape index (κ3) is 12.4. The fourth-order valence-electron chi connectivity index (χ4n) is 2.36. The standard InChI is InChI=1S/C20H38O4/c1-7-9-13-19(3,4)15-23-17(21)11-12-18(22)24-16-20(5,6)14-10-8-2/h7-16H2,1-6H3. The second-order valence-corrected chi connectivity index (χ2v) is 8.36. The smallest absolute Gasteiger partial charge is 0.306 e. The fourth-order valence-corrected chi connectivity index (χ4v) is 2.36. The van der Waals surface area contributed by atoms with Gasteiger partial charge in [-0.15, -0.1) is 0 Å². The van der Waals surface area contributed by atoms with E-state index in [4.69, 9.17) is 9.47 Å². The fraction of sp³-hybridized carbons (Fsp3) is 0.900. The van der Waals surface area contributed by atoms with Crippen LogP contribution in [-0.2, 0) is 19.1 Å². The molecule has 0 heterocycles. The van der Waals surface area contributed by atoms with Crippen molar-refractivity contribution in [3.8, 4) is 0 Å². The first-order valence-electron chi connectivity index (χ1n) is 9.43. The highest BCUT2D eigenvalue weighted by Gasteiger charge is 2.22. The molecule has 4 nitrogen and oxygen atoms in total. The lowest BCUT2D eigenvalue weighted by Gasteiger charge is -2.24. The minimum Gasteiger partial charge on any atom is -0.465 e. The van der Waals surface area contributed by atoms with Gasteiger partial charge in [0.25, 0.3) is 0 Å². The van der Waals surface area contributed by atoms with Crippen LogP contribution < -0.4 is 0 Å². The number of unbranched alkanes of at least 4 members (excludes halogenated alkanes) is 2. The first kappa shape index (κ1) is 22.9. The maximum absolute atomic E-state index is 11.8. The molecule has 0 N–H and O–H groups in total. The van der Waals surface area contributed by atoms with Crippen molar-refractivity contribution in [1.82, 2.24) is 0 Å². The van der Waals surface area contributed by atoms with Crippen molar-refractivity contribution in [2.24, 2.45) is 10.8 Å². The Bertz CT molecular complexity index is 336. The van der Waals surface area contributed by atoms with Gasteiger partial charge in [-0.3, -0.25) is 9.59 Å². The number of carbonyl (C=O) groups excluding carboxylic acids is 2. The first-order valence-corrected chi connectivity index (χ1v) is 9.43. The molecule has 0 aliphatic rings. The molecule has 0 rings (SSSR count). The maximum atomic E-state index is 11.8. The highest BCUT2D eigenvalue weighted by Crippen LogP contribution is 2.24. The molecule has 0 spiro atoms. The van der Waals surface area contributed by atoms with Crippen LogP contribution in [0.4, 0.5) is 0 Å². The summed E-state index contributed by atoms with van der Waals surface area (Å²) >= 11 is 0. The number of rotatable bonds is 13. The number of ether oxygens (including phenoxy) is 2. The Balaban J connectivity index is 3.95. The molecule has 4 heteroatoms. The Morgan fingerprint density at radius 3 is 1.33 bits per heavy atom. The average molecular weight is 343 g/mol. The Morgan fingerprint density at radius 2 is 1.04 bits per heavy atom. The lowest BCUT2D eigenvalue weighted by molar-refractivity contribution is -0.153. The summed E-state index contributed by atoms with van der Waals surface area (Å²) in [6.45, 7) is 13.5. The quantitative estimate of drug-likeness (QED) is 0.427. The molecule has 24 heavy (non-hydrogen) atoms. The molecule has 0 radical (unpaired) electrons. The summed E-state index contributed by atoms with van der Waals surface area (Å²) in [5, 5.41) is 0. The molecule has 0 aromatic rings. The van der Waals surface area contributed by atoms with E-state index in [0.29, 0.717) is 13.2 Å². The van der Waals surface area contributed by atoms with Gasteiger partial charge in [0.05, 0.1) is 26.1 Å². The van der Waals surface area contributed by atoms with Gasteiger partial charge < -0.3 is 9.47 Å². The lowest BCUT2D eigenvalue weighted by Crippen LogP contribution is -2.23. The van der Waals surface area contributed by atoms with Gasteiger partial charge in [-0.25, -0.2) is 0 Å². The summed E-state index contributed by atoms with van der Waals surface area (Å²) in [4.78, 5) is 23.6. The zero-order valence-corrected chi connectivity index (χ0v) is 16.7. The Hall–Kier alpha value is -1.06. The summed E-state index contributed by atoms with van der Waals surface area (Å²) in [5.41, 5.74) is -0.00897. The normalized spacial score (nSPS) is 12.1. The molecule has 0 amide bonds. The third-order valence-electron chi connectivity index (χ3n) is 4.20. The average Bonchev–Trinajstić information content (AvgIpc) is 2.53.